The number of ketones is 1. The molecule has 1 N–H and O–H groups in total. The number of Topliss-reactive ketones (excluding diaryl/α,β-unsaturated/α-hetero) is 1. The lowest BCUT2D eigenvalue weighted by atomic mass is 10.00. The van der Waals surface area contributed by atoms with Crippen molar-refractivity contribution in [3.63, 3.8) is 0 Å². The van der Waals surface area contributed by atoms with E-state index in [4.69, 9.17) is 4.74 Å². The molecule has 0 heterocycles. The van der Waals surface area contributed by atoms with Crippen LogP contribution in [0.5, 0.6) is 0 Å². The van der Waals surface area contributed by atoms with E-state index >= 15 is 0 Å². The van der Waals surface area contributed by atoms with Crippen LogP contribution in [0.3, 0.4) is 0 Å². The third kappa shape index (κ3) is 6.18. The summed E-state index contributed by atoms with van der Waals surface area (Å²) in [5, 5.41) is 5.03. The number of nitrogens with one attached hydrogen (secondary N) is 1. The van der Waals surface area contributed by atoms with Crippen molar-refractivity contribution in [3.05, 3.63) is 77.9 Å². The Kier molecular flexibility index (Phi) is 7.84. The third-order valence-corrected chi connectivity index (χ3v) is 5.74. The Bertz CT molecular complexity index is 1070. The average molecular weight is 436 g/mol. The molecule has 3 aromatic carbocycles. The van der Waals surface area contributed by atoms with Crippen LogP contribution in [0.1, 0.15) is 41.7 Å². The van der Waals surface area contributed by atoms with Gasteiger partial charge in [0.05, 0.1) is 12.5 Å². The second kappa shape index (κ2) is 10.8. The Balaban J connectivity index is 1.45. The second-order valence-corrected chi connectivity index (χ2v) is 8.05. The van der Waals surface area contributed by atoms with Crippen molar-refractivity contribution in [2.75, 3.05) is 12.9 Å². The van der Waals surface area contributed by atoms with Crippen LogP contribution in [0.15, 0.2) is 71.6 Å². The van der Waals surface area contributed by atoms with E-state index in [0.29, 0.717) is 5.56 Å². The quantitative estimate of drug-likeness (QED) is 0.293. The lowest BCUT2D eigenvalue weighted by Crippen LogP contribution is -2.31. The summed E-state index contributed by atoms with van der Waals surface area (Å²) in [4.78, 5) is 37.5. The van der Waals surface area contributed by atoms with Gasteiger partial charge in [-0.15, -0.1) is 11.8 Å². The van der Waals surface area contributed by atoms with E-state index in [1.54, 1.807) is 23.9 Å². The van der Waals surface area contributed by atoms with Crippen molar-refractivity contribution in [2.45, 2.75) is 30.7 Å². The molecule has 5 nitrogen and oxygen atoms in total. The van der Waals surface area contributed by atoms with Crippen molar-refractivity contribution in [1.82, 2.24) is 5.32 Å². The lowest BCUT2D eigenvalue weighted by molar-refractivity contribution is -0.148. The summed E-state index contributed by atoms with van der Waals surface area (Å²) in [6.07, 6.45) is 1.95. The summed E-state index contributed by atoms with van der Waals surface area (Å²) in [6.45, 7) is 1.52. The SMILES string of the molecule is CSc1ccc(C(=O)CCC(=O)OCC(=O)NC(C)c2cccc3ccccc23)cc1. The lowest BCUT2D eigenvalue weighted by Gasteiger charge is -2.16. The van der Waals surface area contributed by atoms with Gasteiger partial charge in [0.2, 0.25) is 0 Å². The highest BCUT2D eigenvalue weighted by Gasteiger charge is 2.15. The first-order valence-electron chi connectivity index (χ1n) is 10.1. The Morgan fingerprint density at radius 2 is 1.65 bits per heavy atom. The zero-order valence-corrected chi connectivity index (χ0v) is 18.4. The Labute approximate surface area is 186 Å². The second-order valence-electron chi connectivity index (χ2n) is 7.17. The van der Waals surface area contributed by atoms with E-state index in [9.17, 15) is 14.4 Å². The van der Waals surface area contributed by atoms with Gasteiger partial charge < -0.3 is 10.1 Å². The molecule has 0 spiro atoms. The summed E-state index contributed by atoms with van der Waals surface area (Å²) in [5.74, 6) is -1.08. The molecular weight excluding hydrogens is 410 g/mol. The predicted octanol–water partition coefficient (Wildman–Crippen LogP) is 4.95. The van der Waals surface area contributed by atoms with Crippen molar-refractivity contribution in [3.8, 4) is 0 Å². The van der Waals surface area contributed by atoms with Crippen molar-refractivity contribution < 1.29 is 19.1 Å². The number of carbonyl (C=O) groups is 3. The first-order valence-corrected chi connectivity index (χ1v) is 11.3. The van der Waals surface area contributed by atoms with Crippen LogP contribution in [0.4, 0.5) is 0 Å². The van der Waals surface area contributed by atoms with Gasteiger partial charge in [0, 0.05) is 16.9 Å². The van der Waals surface area contributed by atoms with Gasteiger partial charge in [-0.3, -0.25) is 14.4 Å². The maximum Gasteiger partial charge on any atom is 0.306 e. The van der Waals surface area contributed by atoms with E-state index in [-0.39, 0.29) is 37.2 Å². The molecule has 1 amide bonds. The number of carbonyl (C=O) groups excluding carboxylic acids is 3. The van der Waals surface area contributed by atoms with Crippen LogP contribution in [0.2, 0.25) is 0 Å². The maximum atomic E-state index is 12.2. The van der Waals surface area contributed by atoms with Crippen LogP contribution < -0.4 is 5.32 Å². The summed E-state index contributed by atoms with van der Waals surface area (Å²) in [7, 11) is 0. The fourth-order valence-corrected chi connectivity index (χ4v) is 3.75. The minimum atomic E-state index is -0.568. The topological polar surface area (TPSA) is 72.5 Å². The molecule has 0 bridgehead atoms. The number of amides is 1. The van der Waals surface area contributed by atoms with Gasteiger partial charge in [0.15, 0.2) is 12.4 Å². The maximum absolute atomic E-state index is 12.2. The molecule has 0 radical (unpaired) electrons. The van der Waals surface area contributed by atoms with Gasteiger partial charge in [-0.2, -0.15) is 0 Å². The van der Waals surface area contributed by atoms with Gasteiger partial charge in [-0.25, -0.2) is 0 Å². The van der Waals surface area contributed by atoms with Gasteiger partial charge in [-0.1, -0.05) is 54.6 Å². The molecule has 0 aliphatic heterocycles. The van der Waals surface area contributed by atoms with Gasteiger partial charge in [0.1, 0.15) is 0 Å². The number of hydrogen-bond acceptors (Lipinski definition) is 5. The van der Waals surface area contributed by atoms with E-state index in [0.717, 1.165) is 21.2 Å². The first-order chi connectivity index (χ1) is 15.0. The molecule has 1 unspecified atom stereocenters. The number of ether oxygens (including phenoxy) is 1. The van der Waals surface area contributed by atoms with E-state index < -0.39 is 5.97 Å². The van der Waals surface area contributed by atoms with Gasteiger partial charge in [0.25, 0.3) is 5.91 Å². The standard InChI is InChI=1S/C25H25NO4S/c1-17(21-9-5-7-18-6-3-4-8-22(18)21)26-24(28)16-30-25(29)15-14-23(27)19-10-12-20(31-2)13-11-19/h3-13,17H,14-16H2,1-2H3,(H,26,28). The zero-order valence-electron chi connectivity index (χ0n) is 17.6. The zero-order chi connectivity index (χ0) is 22.2. The Morgan fingerprint density at radius 1 is 0.935 bits per heavy atom. The largest absolute Gasteiger partial charge is 0.456 e. The van der Waals surface area contributed by atoms with Crippen molar-refractivity contribution in [1.29, 1.82) is 0 Å². The molecule has 0 aliphatic rings. The molecule has 31 heavy (non-hydrogen) atoms. The van der Waals surface area contributed by atoms with Gasteiger partial charge in [-0.05, 0) is 41.6 Å². The summed E-state index contributed by atoms with van der Waals surface area (Å²) in [6, 6.07) is 20.9. The fraction of sp³-hybridized carbons (Fsp3) is 0.240. The number of esters is 1. The van der Waals surface area contributed by atoms with Crippen LogP contribution >= 0.6 is 11.8 Å². The summed E-state index contributed by atoms with van der Waals surface area (Å²) >= 11 is 1.60. The van der Waals surface area contributed by atoms with E-state index in [1.807, 2.05) is 67.8 Å². The number of benzene rings is 3. The van der Waals surface area contributed by atoms with E-state index in [2.05, 4.69) is 5.32 Å². The Morgan fingerprint density at radius 3 is 2.39 bits per heavy atom. The number of thioether (sulfide) groups is 1. The predicted molar refractivity (Wildman–Crippen MR) is 123 cm³/mol. The number of fused-ring (bicyclic) bond motifs is 1. The summed E-state index contributed by atoms with van der Waals surface area (Å²) in [5.41, 5.74) is 1.56. The average Bonchev–Trinajstić information content (AvgIpc) is 2.80. The van der Waals surface area contributed by atoms with Crippen LogP contribution in [-0.4, -0.2) is 30.5 Å². The minimum absolute atomic E-state index is 0.0471. The third-order valence-electron chi connectivity index (χ3n) is 5.00. The molecule has 0 saturated heterocycles. The Hall–Kier alpha value is -3.12. The van der Waals surface area contributed by atoms with Crippen molar-refractivity contribution in [2.24, 2.45) is 0 Å². The highest BCUT2D eigenvalue weighted by molar-refractivity contribution is 7.98. The number of rotatable bonds is 9. The normalized spacial score (nSPS) is 11.7. The molecule has 160 valence electrons. The van der Waals surface area contributed by atoms with Crippen LogP contribution in [0.25, 0.3) is 10.8 Å². The molecule has 0 saturated carbocycles. The van der Waals surface area contributed by atoms with Gasteiger partial charge >= 0.3 is 5.97 Å². The molecule has 3 rings (SSSR count). The summed E-state index contributed by atoms with van der Waals surface area (Å²) < 4.78 is 5.04. The van der Waals surface area contributed by atoms with E-state index in [1.165, 1.54) is 0 Å². The van der Waals surface area contributed by atoms with Crippen LogP contribution in [0, 0.1) is 0 Å². The molecule has 6 heteroatoms. The molecular formula is C25H25NO4S. The molecule has 0 aromatic heterocycles. The first kappa shape index (κ1) is 22.6. The monoisotopic (exact) mass is 435 g/mol. The number of hydrogen-bond donors (Lipinski definition) is 1. The fourth-order valence-electron chi connectivity index (χ4n) is 3.34. The molecule has 0 fully saturated rings. The van der Waals surface area contributed by atoms with Crippen molar-refractivity contribution >= 4 is 40.2 Å². The minimum Gasteiger partial charge on any atom is -0.456 e. The highest BCUT2D eigenvalue weighted by Crippen LogP contribution is 2.24. The molecule has 3 aromatic rings. The smallest absolute Gasteiger partial charge is 0.306 e. The molecule has 0 aliphatic carbocycles. The van der Waals surface area contributed by atoms with Crippen LogP contribution in [-0.2, 0) is 14.3 Å². The molecule has 1 atom stereocenters. The highest BCUT2D eigenvalue weighted by atomic mass is 32.2.